The van der Waals surface area contributed by atoms with Gasteiger partial charge in [0.05, 0.1) is 19.8 Å². The average molecular weight is 338 g/mol. The van der Waals surface area contributed by atoms with Crippen LogP contribution in [-0.2, 0) is 0 Å². The van der Waals surface area contributed by atoms with Crippen molar-refractivity contribution in [2.45, 2.75) is 19.9 Å². The molecule has 1 unspecified atom stereocenters. The maximum atomic E-state index is 6.35. The Morgan fingerprint density at radius 3 is 2.56 bits per heavy atom. The Morgan fingerprint density at radius 1 is 1.12 bits per heavy atom. The zero-order valence-corrected chi connectivity index (χ0v) is 14.6. The van der Waals surface area contributed by atoms with Crippen LogP contribution >= 0.6 is 0 Å². The third-order valence-electron chi connectivity index (χ3n) is 3.95. The zero-order chi connectivity index (χ0) is 17.8. The predicted molar refractivity (Wildman–Crippen MR) is 96.7 cm³/mol. The Morgan fingerprint density at radius 2 is 1.88 bits per heavy atom. The van der Waals surface area contributed by atoms with Gasteiger partial charge in [-0.1, -0.05) is 35.9 Å². The van der Waals surface area contributed by atoms with Gasteiger partial charge in [0.25, 0.3) is 0 Å². The number of aryl methyl sites for hydroxylation is 1. The number of methoxy groups -OCH3 is 1. The second-order valence-corrected chi connectivity index (χ2v) is 5.73. The van der Waals surface area contributed by atoms with Gasteiger partial charge in [0.1, 0.15) is 5.82 Å². The number of hydrogen-bond donors (Lipinski definition) is 2. The standard InChI is InChI=1S/C19H22N4O2/c1-4-25-15-10-9-14(11-16(15)24-3)17(20)19-21-18(22-23-19)13-7-5-12(2)6-8-13/h5-11,17H,4,20H2,1-3H3,(H,21,22,23). The summed E-state index contributed by atoms with van der Waals surface area (Å²) in [5.41, 5.74) is 9.36. The number of nitrogens with two attached hydrogens (primary N) is 1. The van der Waals surface area contributed by atoms with Crippen molar-refractivity contribution in [3.63, 3.8) is 0 Å². The highest BCUT2D eigenvalue weighted by Gasteiger charge is 2.17. The van der Waals surface area contributed by atoms with E-state index in [1.54, 1.807) is 7.11 Å². The lowest BCUT2D eigenvalue weighted by Gasteiger charge is -2.13. The molecule has 2 aromatic carbocycles. The Kier molecular flexibility index (Phi) is 5.00. The summed E-state index contributed by atoms with van der Waals surface area (Å²) in [6.45, 7) is 4.55. The highest BCUT2D eigenvalue weighted by atomic mass is 16.5. The quantitative estimate of drug-likeness (QED) is 0.720. The van der Waals surface area contributed by atoms with E-state index in [1.807, 2.05) is 56.3 Å². The zero-order valence-electron chi connectivity index (χ0n) is 14.6. The first kappa shape index (κ1) is 17.0. The van der Waals surface area contributed by atoms with Crippen molar-refractivity contribution in [3.8, 4) is 22.9 Å². The SMILES string of the molecule is CCOc1ccc(C(N)c2nc(-c3ccc(C)cc3)n[nH]2)cc1OC. The van der Waals surface area contributed by atoms with Crippen molar-refractivity contribution in [1.82, 2.24) is 15.2 Å². The minimum Gasteiger partial charge on any atom is -0.493 e. The molecule has 0 saturated heterocycles. The average Bonchev–Trinajstić information content (AvgIpc) is 3.12. The molecule has 3 aromatic rings. The predicted octanol–water partition coefficient (Wildman–Crippen LogP) is 3.24. The summed E-state index contributed by atoms with van der Waals surface area (Å²) >= 11 is 0. The van der Waals surface area contributed by atoms with Crippen LogP contribution in [0.4, 0.5) is 0 Å². The topological polar surface area (TPSA) is 86.0 Å². The van der Waals surface area contributed by atoms with Crippen LogP contribution < -0.4 is 15.2 Å². The van der Waals surface area contributed by atoms with E-state index in [4.69, 9.17) is 15.2 Å². The van der Waals surface area contributed by atoms with E-state index >= 15 is 0 Å². The molecular formula is C19H22N4O2. The van der Waals surface area contributed by atoms with Gasteiger partial charge in [-0.15, -0.1) is 0 Å². The lowest BCUT2D eigenvalue weighted by atomic mass is 10.1. The highest BCUT2D eigenvalue weighted by molar-refractivity contribution is 5.55. The largest absolute Gasteiger partial charge is 0.493 e. The second-order valence-electron chi connectivity index (χ2n) is 5.73. The molecule has 6 heteroatoms. The first-order chi connectivity index (χ1) is 12.1. The fourth-order valence-electron chi connectivity index (χ4n) is 2.56. The molecule has 0 aliphatic rings. The maximum Gasteiger partial charge on any atom is 0.181 e. The van der Waals surface area contributed by atoms with Crippen LogP contribution in [0.5, 0.6) is 11.5 Å². The fraction of sp³-hybridized carbons (Fsp3) is 0.263. The Balaban J connectivity index is 1.86. The van der Waals surface area contributed by atoms with Crippen LogP contribution in [0.15, 0.2) is 42.5 Å². The lowest BCUT2D eigenvalue weighted by molar-refractivity contribution is 0.310. The number of aromatic amines is 1. The summed E-state index contributed by atoms with van der Waals surface area (Å²) in [6.07, 6.45) is 0. The molecule has 3 rings (SSSR count). The first-order valence-electron chi connectivity index (χ1n) is 8.18. The van der Waals surface area contributed by atoms with E-state index in [2.05, 4.69) is 15.2 Å². The maximum absolute atomic E-state index is 6.35. The van der Waals surface area contributed by atoms with Gasteiger partial charge in [0, 0.05) is 5.56 Å². The number of nitrogens with zero attached hydrogens (tertiary/aromatic N) is 2. The smallest absolute Gasteiger partial charge is 0.181 e. The minimum atomic E-state index is -0.434. The number of ether oxygens (including phenoxy) is 2. The Labute approximate surface area is 147 Å². The van der Waals surface area contributed by atoms with E-state index in [0.717, 1.165) is 11.1 Å². The van der Waals surface area contributed by atoms with Crippen molar-refractivity contribution in [2.75, 3.05) is 13.7 Å². The molecule has 25 heavy (non-hydrogen) atoms. The molecular weight excluding hydrogens is 316 g/mol. The van der Waals surface area contributed by atoms with Crippen LogP contribution in [0.3, 0.4) is 0 Å². The van der Waals surface area contributed by atoms with Gasteiger partial charge in [0.2, 0.25) is 0 Å². The normalized spacial score (nSPS) is 12.0. The van der Waals surface area contributed by atoms with E-state index in [9.17, 15) is 0 Å². The van der Waals surface area contributed by atoms with Gasteiger partial charge >= 0.3 is 0 Å². The molecule has 3 N–H and O–H groups in total. The summed E-state index contributed by atoms with van der Waals surface area (Å²) in [5, 5.41) is 7.22. The Bertz CT molecular complexity index is 843. The van der Waals surface area contributed by atoms with Crippen LogP contribution in [-0.4, -0.2) is 28.9 Å². The summed E-state index contributed by atoms with van der Waals surface area (Å²) in [5.74, 6) is 2.57. The lowest BCUT2D eigenvalue weighted by Crippen LogP contribution is -2.14. The molecule has 1 atom stereocenters. The van der Waals surface area contributed by atoms with Crippen molar-refractivity contribution in [2.24, 2.45) is 5.73 Å². The highest BCUT2D eigenvalue weighted by Crippen LogP contribution is 2.31. The number of aromatic nitrogens is 3. The molecule has 130 valence electrons. The van der Waals surface area contributed by atoms with Gasteiger partial charge in [-0.2, -0.15) is 5.10 Å². The summed E-state index contributed by atoms with van der Waals surface area (Å²) in [4.78, 5) is 4.54. The second kappa shape index (κ2) is 7.36. The number of hydrogen-bond acceptors (Lipinski definition) is 5. The van der Waals surface area contributed by atoms with Crippen molar-refractivity contribution in [3.05, 3.63) is 59.4 Å². The van der Waals surface area contributed by atoms with E-state index in [-0.39, 0.29) is 0 Å². The van der Waals surface area contributed by atoms with Gasteiger partial charge in [0.15, 0.2) is 17.3 Å². The number of benzene rings is 2. The van der Waals surface area contributed by atoms with Crippen LogP contribution in [0.25, 0.3) is 11.4 Å². The van der Waals surface area contributed by atoms with Crippen molar-refractivity contribution < 1.29 is 9.47 Å². The molecule has 0 fully saturated rings. The molecule has 6 nitrogen and oxygen atoms in total. The summed E-state index contributed by atoms with van der Waals surface area (Å²) in [7, 11) is 1.61. The Hall–Kier alpha value is -2.86. The molecule has 0 amide bonds. The van der Waals surface area contributed by atoms with E-state index < -0.39 is 6.04 Å². The third kappa shape index (κ3) is 3.64. The van der Waals surface area contributed by atoms with Crippen LogP contribution in [0, 0.1) is 6.92 Å². The molecule has 0 saturated carbocycles. The first-order valence-corrected chi connectivity index (χ1v) is 8.18. The molecule has 0 bridgehead atoms. The van der Waals surface area contributed by atoms with Crippen LogP contribution in [0.1, 0.15) is 29.9 Å². The van der Waals surface area contributed by atoms with E-state index in [1.165, 1.54) is 5.56 Å². The molecule has 0 spiro atoms. The number of H-pyrrole nitrogens is 1. The van der Waals surface area contributed by atoms with Crippen LogP contribution in [0.2, 0.25) is 0 Å². The van der Waals surface area contributed by atoms with Crippen molar-refractivity contribution in [1.29, 1.82) is 0 Å². The van der Waals surface area contributed by atoms with Gasteiger partial charge in [-0.05, 0) is 31.5 Å². The van der Waals surface area contributed by atoms with Gasteiger partial charge < -0.3 is 15.2 Å². The number of rotatable bonds is 6. The van der Waals surface area contributed by atoms with E-state index in [0.29, 0.717) is 29.8 Å². The summed E-state index contributed by atoms with van der Waals surface area (Å²) in [6, 6.07) is 13.2. The fourth-order valence-corrected chi connectivity index (χ4v) is 2.56. The summed E-state index contributed by atoms with van der Waals surface area (Å²) < 4.78 is 10.9. The minimum absolute atomic E-state index is 0.434. The van der Waals surface area contributed by atoms with Gasteiger partial charge in [-0.25, -0.2) is 4.98 Å². The third-order valence-corrected chi connectivity index (χ3v) is 3.95. The van der Waals surface area contributed by atoms with Crippen molar-refractivity contribution >= 4 is 0 Å². The molecule has 0 aliphatic carbocycles. The monoisotopic (exact) mass is 338 g/mol. The molecule has 1 heterocycles. The molecule has 0 aliphatic heterocycles. The number of nitrogens with one attached hydrogen (secondary N) is 1. The molecule has 0 radical (unpaired) electrons. The van der Waals surface area contributed by atoms with Gasteiger partial charge in [-0.3, -0.25) is 5.10 Å². The molecule has 1 aromatic heterocycles.